The Hall–Kier alpha value is -1.03. The largest absolute Gasteiger partial charge is 0.319 e. The van der Waals surface area contributed by atoms with Gasteiger partial charge in [-0.2, -0.15) is 0 Å². The fourth-order valence-electron chi connectivity index (χ4n) is 1.79. The quantitative estimate of drug-likeness (QED) is 0.727. The van der Waals surface area contributed by atoms with Crippen molar-refractivity contribution < 1.29 is 4.79 Å². The molecule has 2 rings (SSSR count). The maximum atomic E-state index is 12.4. The van der Waals surface area contributed by atoms with Crippen LogP contribution in [0.4, 0.5) is 5.69 Å². The number of carbonyl (C=O) groups excluding carboxylic acids is 1. The van der Waals surface area contributed by atoms with E-state index in [1.165, 1.54) is 0 Å². The highest BCUT2D eigenvalue weighted by Crippen LogP contribution is 2.33. The molecular weight excluding hydrogens is 361 g/mol. The van der Waals surface area contributed by atoms with Crippen LogP contribution < -0.4 is 5.32 Å². The minimum atomic E-state index is -0.238. The lowest BCUT2D eigenvalue weighted by Crippen LogP contribution is -2.14. The van der Waals surface area contributed by atoms with E-state index in [2.05, 4.69) is 21.2 Å². The third-order valence-electron chi connectivity index (χ3n) is 2.97. The Kier molecular flexibility index (Phi) is 4.74. The highest BCUT2D eigenvalue weighted by molar-refractivity contribution is 9.10. The van der Waals surface area contributed by atoms with Crippen LogP contribution in [0.2, 0.25) is 10.0 Å². The molecule has 0 aliphatic rings. The summed E-state index contributed by atoms with van der Waals surface area (Å²) >= 11 is 15.6. The second kappa shape index (κ2) is 6.17. The number of hydrogen-bond donors (Lipinski definition) is 1. The standard InChI is InChI=1S/C15H12BrCl2NO/c1-8-3-5-10(16)7-11(8)15(20)19-14-12(17)6-4-9(2)13(14)18/h3-7H,1-2H3,(H,19,20). The predicted octanol–water partition coefficient (Wildman–Crippen LogP) is 5.63. The van der Waals surface area contributed by atoms with Gasteiger partial charge in [0, 0.05) is 10.0 Å². The summed E-state index contributed by atoms with van der Waals surface area (Å²) in [5.74, 6) is -0.238. The monoisotopic (exact) mass is 371 g/mol. The van der Waals surface area contributed by atoms with Gasteiger partial charge in [-0.15, -0.1) is 0 Å². The molecule has 2 aromatic rings. The van der Waals surface area contributed by atoms with E-state index < -0.39 is 0 Å². The molecule has 0 fully saturated rings. The Morgan fingerprint density at radius 3 is 2.45 bits per heavy atom. The Balaban J connectivity index is 2.38. The molecule has 5 heteroatoms. The van der Waals surface area contributed by atoms with Crippen LogP contribution in [0.5, 0.6) is 0 Å². The van der Waals surface area contributed by atoms with Crippen molar-refractivity contribution in [3.63, 3.8) is 0 Å². The predicted molar refractivity (Wildman–Crippen MR) is 88.0 cm³/mol. The summed E-state index contributed by atoms with van der Waals surface area (Å²) in [6.45, 7) is 3.74. The van der Waals surface area contributed by atoms with E-state index in [0.717, 1.165) is 15.6 Å². The zero-order valence-corrected chi connectivity index (χ0v) is 14.0. The molecule has 0 bridgehead atoms. The van der Waals surface area contributed by atoms with Crippen molar-refractivity contribution >= 4 is 50.7 Å². The lowest BCUT2D eigenvalue weighted by atomic mass is 10.1. The van der Waals surface area contributed by atoms with Gasteiger partial charge in [0.1, 0.15) is 0 Å². The van der Waals surface area contributed by atoms with E-state index in [9.17, 15) is 4.79 Å². The van der Waals surface area contributed by atoms with Crippen LogP contribution in [0.1, 0.15) is 21.5 Å². The Labute approximate surface area is 136 Å². The van der Waals surface area contributed by atoms with Crippen molar-refractivity contribution in [3.05, 3.63) is 61.5 Å². The van der Waals surface area contributed by atoms with Crippen LogP contribution in [-0.2, 0) is 0 Å². The summed E-state index contributed by atoms with van der Waals surface area (Å²) in [5.41, 5.74) is 2.76. The number of hydrogen-bond acceptors (Lipinski definition) is 1. The zero-order valence-electron chi connectivity index (χ0n) is 10.9. The first-order valence-electron chi connectivity index (χ1n) is 5.92. The van der Waals surface area contributed by atoms with E-state index in [1.54, 1.807) is 12.1 Å². The molecule has 0 saturated carbocycles. The smallest absolute Gasteiger partial charge is 0.256 e. The van der Waals surface area contributed by atoms with Gasteiger partial charge >= 0.3 is 0 Å². The van der Waals surface area contributed by atoms with Crippen molar-refractivity contribution in [2.75, 3.05) is 5.32 Å². The maximum absolute atomic E-state index is 12.4. The summed E-state index contributed by atoms with van der Waals surface area (Å²) in [6, 6.07) is 9.05. The molecule has 0 aliphatic carbocycles. The molecule has 0 aliphatic heterocycles. The molecule has 0 aromatic heterocycles. The van der Waals surface area contributed by atoms with Gasteiger partial charge in [-0.1, -0.05) is 51.3 Å². The second-order valence-corrected chi connectivity index (χ2v) is 6.17. The summed E-state index contributed by atoms with van der Waals surface area (Å²) in [5, 5.41) is 3.66. The molecule has 20 heavy (non-hydrogen) atoms. The van der Waals surface area contributed by atoms with Crippen LogP contribution in [0, 0.1) is 13.8 Å². The molecule has 0 atom stereocenters. The normalized spacial score (nSPS) is 10.4. The third-order valence-corrected chi connectivity index (χ3v) is 4.26. The van der Waals surface area contributed by atoms with Crippen molar-refractivity contribution in [2.45, 2.75) is 13.8 Å². The summed E-state index contributed by atoms with van der Waals surface area (Å²) in [6.07, 6.45) is 0. The number of amides is 1. The molecular formula is C15H12BrCl2NO. The third kappa shape index (κ3) is 3.17. The van der Waals surface area contributed by atoms with Gasteiger partial charge < -0.3 is 5.32 Å². The van der Waals surface area contributed by atoms with Crippen LogP contribution in [0.15, 0.2) is 34.8 Å². The van der Waals surface area contributed by atoms with Gasteiger partial charge in [0.05, 0.1) is 15.7 Å². The highest BCUT2D eigenvalue weighted by Gasteiger charge is 2.15. The first-order valence-corrected chi connectivity index (χ1v) is 7.47. The van der Waals surface area contributed by atoms with E-state index in [-0.39, 0.29) is 5.91 Å². The summed E-state index contributed by atoms with van der Waals surface area (Å²) in [4.78, 5) is 12.4. The molecule has 1 N–H and O–H groups in total. The highest BCUT2D eigenvalue weighted by atomic mass is 79.9. The van der Waals surface area contributed by atoms with Crippen molar-refractivity contribution in [1.82, 2.24) is 0 Å². The second-order valence-electron chi connectivity index (χ2n) is 4.47. The van der Waals surface area contributed by atoms with Gasteiger partial charge in [0.2, 0.25) is 0 Å². The Morgan fingerprint density at radius 2 is 1.75 bits per heavy atom. The lowest BCUT2D eigenvalue weighted by Gasteiger charge is -2.12. The maximum Gasteiger partial charge on any atom is 0.256 e. The number of nitrogens with one attached hydrogen (secondary N) is 1. The topological polar surface area (TPSA) is 29.1 Å². The van der Waals surface area contributed by atoms with Crippen LogP contribution >= 0.6 is 39.1 Å². The Morgan fingerprint density at radius 1 is 1.10 bits per heavy atom. The van der Waals surface area contributed by atoms with Gasteiger partial charge in [0.15, 0.2) is 0 Å². The van der Waals surface area contributed by atoms with Gasteiger partial charge in [0.25, 0.3) is 5.91 Å². The molecule has 2 nitrogen and oxygen atoms in total. The average Bonchev–Trinajstić information content (AvgIpc) is 2.41. The summed E-state index contributed by atoms with van der Waals surface area (Å²) < 4.78 is 0.842. The first-order chi connectivity index (χ1) is 9.40. The van der Waals surface area contributed by atoms with E-state index in [1.807, 2.05) is 32.0 Å². The Bertz CT molecular complexity index is 686. The van der Waals surface area contributed by atoms with E-state index in [0.29, 0.717) is 21.3 Å². The van der Waals surface area contributed by atoms with Crippen LogP contribution in [0.3, 0.4) is 0 Å². The number of carbonyl (C=O) groups is 1. The molecule has 0 unspecified atom stereocenters. The molecule has 104 valence electrons. The molecule has 2 aromatic carbocycles. The summed E-state index contributed by atoms with van der Waals surface area (Å²) in [7, 11) is 0. The minimum Gasteiger partial charge on any atom is -0.319 e. The average molecular weight is 373 g/mol. The van der Waals surface area contributed by atoms with Crippen LogP contribution in [0.25, 0.3) is 0 Å². The number of rotatable bonds is 2. The molecule has 0 heterocycles. The molecule has 0 spiro atoms. The van der Waals surface area contributed by atoms with Crippen molar-refractivity contribution in [2.24, 2.45) is 0 Å². The number of halogens is 3. The van der Waals surface area contributed by atoms with Gasteiger partial charge in [-0.25, -0.2) is 0 Å². The fraction of sp³-hybridized carbons (Fsp3) is 0.133. The molecule has 1 amide bonds. The first kappa shape index (κ1) is 15.4. The van der Waals surface area contributed by atoms with E-state index >= 15 is 0 Å². The fourth-order valence-corrected chi connectivity index (χ4v) is 2.62. The van der Waals surface area contributed by atoms with Gasteiger partial charge in [-0.3, -0.25) is 4.79 Å². The van der Waals surface area contributed by atoms with Gasteiger partial charge in [-0.05, 0) is 43.2 Å². The number of anilines is 1. The van der Waals surface area contributed by atoms with Crippen LogP contribution in [-0.4, -0.2) is 5.91 Å². The zero-order chi connectivity index (χ0) is 14.9. The van der Waals surface area contributed by atoms with Crippen molar-refractivity contribution in [1.29, 1.82) is 0 Å². The number of benzene rings is 2. The van der Waals surface area contributed by atoms with E-state index in [4.69, 9.17) is 23.2 Å². The molecule has 0 radical (unpaired) electrons. The number of aryl methyl sites for hydroxylation is 2. The molecule has 0 saturated heterocycles. The lowest BCUT2D eigenvalue weighted by molar-refractivity contribution is 0.102. The minimum absolute atomic E-state index is 0.238. The van der Waals surface area contributed by atoms with Crippen molar-refractivity contribution in [3.8, 4) is 0 Å². The SMILES string of the molecule is Cc1ccc(Br)cc1C(=O)Nc1c(Cl)ccc(C)c1Cl.